The molecular formula is C17H27N3O2. The number of nitrogens with zero attached hydrogens (tertiary/aromatic N) is 1. The van der Waals surface area contributed by atoms with Gasteiger partial charge >= 0.3 is 0 Å². The van der Waals surface area contributed by atoms with Gasteiger partial charge in [-0.3, -0.25) is 9.59 Å². The fourth-order valence-corrected chi connectivity index (χ4v) is 2.04. The van der Waals surface area contributed by atoms with E-state index < -0.39 is 0 Å². The SMILES string of the molecule is CCC(C)NCC(=O)Nc1cccc(C(=O)N(CC)CC)c1. The van der Waals surface area contributed by atoms with Crippen molar-refractivity contribution in [3.63, 3.8) is 0 Å². The molecule has 2 N–H and O–H groups in total. The van der Waals surface area contributed by atoms with E-state index in [1.165, 1.54) is 0 Å². The van der Waals surface area contributed by atoms with Gasteiger partial charge in [0.25, 0.3) is 5.91 Å². The second-order valence-electron chi connectivity index (χ2n) is 5.30. The molecule has 2 amide bonds. The number of nitrogens with one attached hydrogen (secondary N) is 2. The molecule has 5 heteroatoms. The number of hydrogen-bond acceptors (Lipinski definition) is 3. The fraction of sp³-hybridized carbons (Fsp3) is 0.529. The van der Waals surface area contributed by atoms with Crippen LogP contribution < -0.4 is 10.6 Å². The van der Waals surface area contributed by atoms with Gasteiger partial charge in [0, 0.05) is 30.4 Å². The largest absolute Gasteiger partial charge is 0.339 e. The maximum Gasteiger partial charge on any atom is 0.253 e. The highest BCUT2D eigenvalue weighted by Gasteiger charge is 2.13. The lowest BCUT2D eigenvalue weighted by atomic mass is 10.1. The van der Waals surface area contributed by atoms with Crippen molar-refractivity contribution in [3.8, 4) is 0 Å². The van der Waals surface area contributed by atoms with Crippen molar-refractivity contribution in [1.82, 2.24) is 10.2 Å². The Kier molecular flexibility index (Phi) is 7.60. The molecule has 0 aliphatic rings. The van der Waals surface area contributed by atoms with Crippen LogP contribution in [-0.4, -0.2) is 42.4 Å². The molecule has 122 valence electrons. The Morgan fingerprint density at radius 3 is 2.45 bits per heavy atom. The number of amides is 2. The van der Waals surface area contributed by atoms with Crippen LogP contribution in [0.4, 0.5) is 5.69 Å². The Labute approximate surface area is 133 Å². The second-order valence-corrected chi connectivity index (χ2v) is 5.30. The standard InChI is InChI=1S/C17H27N3O2/c1-5-13(4)18-12-16(21)19-15-10-8-9-14(11-15)17(22)20(6-2)7-3/h8-11,13,18H,5-7,12H2,1-4H3,(H,19,21). The first-order chi connectivity index (χ1) is 10.5. The third-order valence-corrected chi connectivity index (χ3v) is 3.67. The Morgan fingerprint density at radius 1 is 1.18 bits per heavy atom. The zero-order chi connectivity index (χ0) is 16.5. The maximum atomic E-state index is 12.3. The predicted octanol–water partition coefficient (Wildman–Crippen LogP) is 2.50. The number of carbonyl (C=O) groups is 2. The molecule has 0 saturated heterocycles. The zero-order valence-corrected chi connectivity index (χ0v) is 14.0. The van der Waals surface area contributed by atoms with Gasteiger partial charge in [-0.25, -0.2) is 0 Å². The summed E-state index contributed by atoms with van der Waals surface area (Å²) >= 11 is 0. The fourth-order valence-electron chi connectivity index (χ4n) is 2.04. The highest BCUT2D eigenvalue weighted by molar-refractivity contribution is 5.97. The van der Waals surface area contributed by atoms with Gasteiger partial charge in [0.05, 0.1) is 6.54 Å². The molecule has 22 heavy (non-hydrogen) atoms. The molecule has 0 aromatic heterocycles. The van der Waals surface area contributed by atoms with Crippen LogP contribution >= 0.6 is 0 Å². The van der Waals surface area contributed by atoms with E-state index in [-0.39, 0.29) is 18.4 Å². The summed E-state index contributed by atoms with van der Waals surface area (Å²) in [6, 6.07) is 7.38. The molecule has 1 atom stereocenters. The minimum absolute atomic E-state index is 0.0150. The summed E-state index contributed by atoms with van der Waals surface area (Å²) in [6.45, 7) is 9.62. The number of rotatable bonds is 8. The van der Waals surface area contributed by atoms with Crippen LogP contribution in [0.3, 0.4) is 0 Å². The van der Waals surface area contributed by atoms with Gasteiger partial charge in [-0.2, -0.15) is 0 Å². The van der Waals surface area contributed by atoms with E-state index in [9.17, 15) is 9.59 Å². The number of benzene rings is 1. The first kappa shape index (κ1) is 18.2. The van der Waals surface area contributed by atoms with Crippen molar-refractivity contribution < 1.29 is 9.59 Å². The van der Waals surface area contributed by atoms with Crippen molar-refractivity contribution >= 4 is 17.5 Å². The van der Waals surface area contributed by atoms with Crippen LogP contribution in [0, 0.1) is 0 Å². The number of carbonyl (C=O) groups excluding carboxylic acids is 2. The molecular weight excluding hydrogens is 278 g/mol. The summed E-state index contributed by atoms with van der Waals surface area (Å²) in [4.78, 5) is 25.9. The third kappa shape index (κ3) is 5.48. The minimum atomic E-state index is -0.104. The molecule has 0 radical (unpaired) electrons. The Balaban J connectivity index is 2.68. The molecule has 0 aliphatic heterocycles. The van der Waals surface area contributed by atoms with Crippen LogP contribution in [-0.2, 0) is 4.79 Å². The molecule has 0 heterocycles. The summed E-state index contributed by atoms with van der Waals surface area (Å²) < 4.78 is 0. The highest BCUT2D eigenvalue weighted by Crippen LogP contribution is 2.12. The van der Waals surface area contributed by atoms with Crippen LogP contribution in [0.1, 0.15) is 44.5 Å². The highest BCUT2D eigenvalue weighted by atomic mass is 16.2. The normalized spacial score (nSPS) is 11.8. The molecule has 0 saturated carbocycles. The van der Waals surface area contributed by atoms with E-state index in [4.69, 9.17) is 0 Å². The molecule has 0 fully saturated rings. The van der Waals surface area contributed by atoms with Gasteiger partial charge in [-0.05, 0) is 45.4 Å². The summed E-state index contributed by atoms with van der Waals surface area (Å²) in [5.41, 5.74) is 1.24. The van der Waals surface area contributed by atoms with Crippen LogP contribution in [0.25, 0.3) is 0 Å². The lowest BCUT2D eigenvalue weighted by molar-refractivity contribution is -0.115. The Morgan fingerprint density at radius 2 is 1.86 bits per heavy atom. The first-order valence-electron chi connectivity index (χ1n) is 7.94. The molecule has 0 aliphatic carbocycles. The minimum Gasteiger partial charge on any atom is -0.339 e. The van der Waals surface area contributed by atoms with Gasteiger partial charge in [0.2, 0.25) is 5.91 Å². The third-order valence-electron chi connectivity index (χ3n) is 3.67. The van der Waals surface area contributed by atoms with E-state index in [0.29, 0.717) is 30.4 Å². The maximum absolute atomic E-state index is 12.3. The average Bonchev–Trinajstić information content (AvgIpc) is 2.53. The van der Waals surface area contributed by atoms with Crippen LogP contribution in [0.15, 0.2) is 24.3 Å². The Hall–Kier alpha value is -1.88. The molecule has 1 aromatic rings. The van der Waals surface area contributed by atoms with E-state index in [1.807, 2.05) is 20.8 Å². The van der Waals surface area contributed by atoms with Crippen LogP contribution in [0.2, 0.25) is 0 Å². The lowest BCUT2D eigenvalue weighted by Crippen LogP contribution is -2.34. The van der Waals surface area contributed by atoms with Gasteiger partial charge < -0.3 is 15.5 Å². The van der Waals surface area contributed by atoms with Gasteiger partial charge in [-0.15, -0.1) is 0 Å². The smallest absolute Gasteiger partial charge is 0.253 e. The van der Waals surface area contributed by atoms with Gasteiger partial charge in [0.15, 0.2) is 0 Å². The summed E-state index contributed by atoms with van der Waals surface area (Å²) in [6.07, 6.45) is 0.973. The van der Waals surface area contributed by atoms with Crippen LogP contribution in [0.5, 0.6) is 0 Å². The van der Waals surface area contributed by atoms with Crippen molar-refractivity contribution in [1.29, 1.82) is 0 Å². The number of anilines is 1. The van der Waals surface area contributed by atoms with Crippen molar-refractivity contribution in [2.45, 2.75) is 40.2 Å². The topological polar surface area (TPSA) is 61.4 Å². The molecule has 0 spiro atoms. The summed E-state index contributed by atoms with van der Waals surface area (Å²) in [5.74, 6) is -0.119. The molecule has 5 nitrogen and oxygen atoms in total. The monoisotopic (exact) mass is 305 g/mol. The molecule has 1 aromatic carbocycles. The quantitative estimate of drug-likeness (QED) is 0.775. The lowest BCUT2D eigenvalue weighted by Gasteiger charge is -2.19. The molecule has 1 rings (SSSR count). The predicted molar refractivity (Wildman–Crippen MR) is 90.1 cm³/mol. The Bertz CT molecular complexity index is 498. The number of hydrogen-bond donors (Lipinski definition) is 2. The van der Waals surface area contributed by atoms with E-state index in [0.717, 1.165) is 6.42 Å². The molecule has 0 bridgehead atoms. The van der Waals surface area contributed by atoms with Crippen molar-refractivity contribution in [3.05, 3.63) is 29.8 Å². The summed E-state index contributed by atoms with van der Waals surface area (Å²) in [7, 11) is 0. The van der Waals surface area contributed by atoms with Gasteiger partial charge in [0.1, 0.15) is 0 Å². The average molecular weight is 305 g/mol. The van der Waals surface area contributed by atoms with Gasteiger partial charge in [-0.1, -0.05) is 13.0 Å². The van der Waals surface area contributed by atoms with Crippen molar-refractivity contribution in [2.24, 2.45) is 0 Å². The van der Waals surface area contributed by atoms with Crippen molar-refractivity contribution in [2.75, 3.05) is 25.0 Å². The zero-order valence-electron chi connectivity index (χ0n) is 14.0. The second kappa shape index (κ2) is 9.20. The summed E-state index contributed by atoms with van der Waals surface area (Å²) in [5, 5.41) is 5.96. The molecule has 1 unspecified atom stereocenters. The van der Waals surface area contributed by atoms with E-state index in [1.54, 1.807) is 29.2 Å². The van der Waals surface area contributed by atoms with E-state index >= 15 is 0 Å². The van der Waals surface area contributed by atoms with E-state index in [2.05, 4.69) is 17.6 Å². The first-order valence-corrected chi connectivity index (χ1v) is 7.94.